The fourth-order valence-electron chi connectivity index (χ4n) is 3.17. The van der Waals surface area contributed by atoms with Gasteiger partial charge in [-0.1, -0.05) is 19.8 Å². The van der Waals surface area contributed by atoms with E-state index in [0.29, 0.717) is 5.25 Å². The van der Waals surface area contributed by atoms with Crippen LogP contribution in [0, 0.1) is 11.8 Å². The lowest BCUT2D eigenvalue weighted by molar-refractivity contribution is 0.175. The molecule has 0 saturated heterocycles. The van der Waals surface area contributed by atoms with E-state index in [4.69, 9.17) is 25.3 Å². The number of thiol groups is 2. The van der Waals surface area contributed by atoms with Gasteiger partial charge in [0.05, 0.1) is 0 Å². The van der Waals surface area contributed by atoms with Crippen molar-refractivity contribution in [3.05, 3.63) is 0 Å². The third-order valence-electron chi connectivity index (χ3n) is 4.00. The van der Waals surface area contributed by atoms with E-state index in [1.807, 2.05) is 0 Å². The molecule has 13 heavy (non-hydrogen) atoms. The summed E-state index contributed by atoms with van der Waals surface area (Å²) < 4.78 is 0.263. The summed E-state index contributed by atoms with van der Waals surface area (Å²) in [6, 6.07) is 0. The van der Waals surface area contributed by atoms with Crippen LogP contribution in [0.4, 0.5) is 0 Å². The molecule has 2 aliphatic rings. The van der Waals surface area contributed by atoms with Crippen LogP contribution < -0.4 is 0 Å². The molecule has 2 fully saturated rings. The lowest BCUT2D eigenvalue weighted by Crippen LogP contribution is -2.48. The zero-order chi connectivity index (χ0) is 9.47. The van der Waals surface area contributed by atoms with E-state index in [2.05, 4.69) is 6.92 Å². The summed E-state index contributed by atoms with van der Waals surface area (Å²) in [6.07, 6.45) is 8.13. The average Bonchev–Trinajstić information content (AvgIpc) is 2.07. The van der Waals surface area contributed by atoms with Crippen LogP contribution in [0.1, 0.15) is 45.4 Å². The Morgan fingerprint density at radius 1 is 1.15 bits per heavy atom. The summed E-state index contributed by atoms with van der Waals surface area (Å²) in [4.78, 5) is 0. The number of hydrogen-bond donors (Lipinski definition) is 2. The second-order valence-electron chi connectivity index (χ2n) is 5.02. The molecule has 0 aromatic rings. The molecular weight excluding hydrogens is 196 g/mol. The van der Waals surface area contributed by atoms with Gasteiger partial charge in [-0.2, -0.15) is 25.3 Å². The van der Waals surface area contributed by atoms with Crippen molar-refractivity contribution in [3.63, 3.8) is 0 Å². The van der Waals surface area contributed by atoms with E-state index in [1.54, 1.807) is 0 Å². The van der Waals surface area contributed by atoms with Crippen molar-refractivity contribution in [2.24, 2.45) is 11.8 Å². The van der Waals surface area contributed by atoms with Crippen molar-refractivity contribution >= 4 is 25.3 Å². The SMILES string of the molecule is CC1CCC2CCCC(S)C2(S)C1. The minimum atomic E-state index is 0.263. The van der Waals surface area contributed by atoms with Crippen LogP contribution >= 0.6 is 25.3 Å². The van der Waals surface area contributed by atoms with E-state index in [1.165, 1.54) is 38.5 Å². The zero-order valence-corrected chi connectivity index (χ0v) is 10.2. The number of fused-ring (bicyclic) bond motifs is 1. The highest BCUT2D eigenvalue weighted by Crippen LogP contribution is 2.51. The topological polar surface area (TPSA) is 0 Å². The Bertz CT molecular complexity index is 193. The molecule has 2 heteroatoms. The van der Waals surface area contributed by atoms with Crippen LogP contribution in [0.5, 0.6) is 0 Å². The first-order chi connectivity index (χ1) is 6.13. The fourth-order valence-corrected chi connectivity index (χ4v) is 4.37. The average molecular weight is 216 g/mol. The Hall–Kier alpha value is 0.700. The molecule has 0 aliphatic heterocycles. The van der Waals surface area contributed by atoms with Crippen molar-refractivity contribution in [3.8, 4) is 0 Å². The lowest BCUT2D eigenvalue weighted by Gasteiger charge is -2.49. The number of hydrogen-bond acceptors (Lipinski definition) is 2. The molecule has 2 rings (SSSR count). The normalized spacial score (nSPS) is 51.5. The maximum Gasteiger partial charge on any atom is 0.0276 e. The first kappa shape index (κ1) is 10.2. The van der Waals surface area contributed by atoms with E-state index in [9.17, 15) is 0 Å². The van der Waals surface area contributed by atoms with Gasteiger partial charge in [-0.05, 0) is 37.5 Å². The Morgan fingerprint density at radius 2 is 1.92 bits per heavy atom. The van der Waals surface area contributed by atoms with Gasteiger partial charge in [0.2, 0.25) is 0 Å². The first-order valence-electron chi connectivity index (χ1n) is 5.53. The van der Waals surface area contributed by atoms with Crippen molar-refractivity contribution in [2.75, 3.05) is 0 Å². The Balaban J connectivity index is 2.15. The smallest absolute Gasteiger partial charge is 0.0276 e. The molecule has 0 bridgehead atoms. The summed E-state index contributed by atoms with van der Waals surface area (Å²) in [5.74, 6) is 1.71. The summed E-state index contributed by atoms with van der Waals surface area (Å²) in [5.41, 5.74) is 0. The van der Waals surface area contributed by atoms with Crippen molar-refractivity contribution in [1.29, 1.82) is 0 Å². The summed E-state index contributed by atoms with van der Waals surface area (Å²) in [7, 11) is 0. The molecule has 4 unspecified atom stereocenters. The van der Waals surface area contributed by atoms with Crippen LogP contribution in [-0.2, 0) is 0 Å². The van der Waals surface area contributed by atoms with Gasteiger partial charge in [0, 0.05) is 10.00 Å². The van der Waals surface area contributed by atoms with Crippen LogP contribution in [-0.4, -0.2) is 10.00 Å². The van der Waals surface area contributed by atoms with Crippen molar-refractivity contribution in [1.82, 2.24) is 0 Å². The van der Waals surface area contributed by atoms with Crippen LogP contribution in [0.2, 0.25) is 0 Å². The largest absolute Gasteiger partial charge is 0.174 e. The van der Waals surface area contributed by atoms with Gasteiger partial charge in [0.1, 0.15) is 0 Å². The molecular formula is C11H20S2. The third kappa shape index (κ3) is 1.77. The monoisotopic (exact) mass is 216 g/mol. The molecule has 0 heterocycles. The molecule has 0 aromatic carbocycles. The summed E-state index contributed by atoms with van der Waals surface area (Å²) in [5, 5.41) is 0.539. The highest BCUT2D eigenvalue weighted by atomic mass is 32.1. The Labute approximate surface area is 92.7 Å². The van der Waals surface area contributed by atoms with Gasteiger partial charge in [0.25, 0.3) is 0 Å². The molecule has 0 amide bonds. The quantitative estimate of drug-likeness (QED) is 0.568. The zero-order valence-electron chi connectivity index (χ0n) is 8.37. The molecule has 0 nitrogen and oxygen atoms in total. The minimum absolute atomic E-state index is 0.263. The summed E-state index contributed by atoms with van der Waals surface area (Å²) >= 11 is 9.69. The highest BCUT2D eigenvalue weighted by molar-refractivity contribution is 7.85. The lowest BCUT2D eigenvalue weighted by atomic mass is 9.67. The second kappa shape index (κ2) is 3.69. The van der Waals surface area contributed by atoms with Gasteiger partial charge >= 0.3 is 0 Å². The van der Waals surface area contributed by atoms with Gasteiger partial charge in [0.15, 0.2) is 0 Å². The van der Waals surface area contributed by atoms with Crippen LogP contribution in [0.3, 0.4) is 0 Å². The molecule has 2 saturated carbocycles. The molecule has 0 aromatic heterocycles. The Kier molecular flexibility index (Phi) is 2.90. The maximum absolute atomic E-state index is 4.95. The standard InChI is InChI=1S/C11H20S2/c1-8-5-6-9-3-2-4-10(12)11(9,13)7-8/h8-10,12-13H,2-7H2,1H3. The van der Waals surface area contributed by atoms with Gasteiger partial charge in [-0.25, -0.2) is 0 Å². The molecule has 4 atom stereocenters. The van der Waals surface area contributed by atoms with Crippen LogP contribution in [0.25, 0.3) is 0 Å². The predicted molar refractivity (Wildman–Crippen MR) is 64.8 cm³/mol. The van der Waals surface area contributed by atoms with Gasteiger partial charge < -0.3 is 0 Å². The fraction of sp³-hybridized carbons (Fsp3) is 1.00. The van der Waals surface area contributed by atoms with Crippen molar-refractivity contribution < 1.29 is 0 Å². The van der Waals surface area contributed by atoms with Gasteiger partial charge in [-0.15, -0.1) is 0 Å². The summed E-state index contributed by atoms with van der Waals surface area (Å²) in [6.45, 7) is 2.36. The number of rotatable bonds is 0. The minimum Gasteiger partial charge on any atom is -0.174 e. The molecule has 0 N–H and O–H groups in total. The molecule has 0 spiro atoms. The second-order valence-corrected chi connectivity index (χ2v) is 6.48. The first-order valence-corrected chi connectivity index (χ1v) is 6.49. The molecule has 0 radical (unpaired) electrons. The Morgan fingerprint density at radius 3 is 2.69 bits per heavy atom. The van der Waals surface area contributed by atoms with Crippen molar-refractivity contribution in [2.45, 2.75) is 55.4 Å². The van der Waals surface area contributed by atoms with E-state index < -0.39 is 0 Å². The highest BCUT2D eigenvalue weighted by Gasteiger charge is 2.46. The predicted octanol–water partition coefficient (Wildman–Crippen LogP) is 3.57. The molecule has 76 valence electrons. The van der Waals surface area contributed by atoms with E-state index >= 15 is 0 Å². The van der Waals surface area contributed by atoms with Gasteiger partial charge in [-0.3, -0.25) is 0 Å². The van der Waals surface area contributed by atoms with E-state index in [-0.39, 0.29) is 4.75 Å². The molecule has 2 aliphatic carbocycles. The third-order valence-corrected chi connectivity index (χ3v) is 5.78. The van der Waals surface area contributed by atoms with E-state index in [0.717, 1.165) is 11.8 Å². The maximum atomic E-state index is 4.95. The van der Waals surface area contributed by atoms with Crippen LogP contribution in [0.15, 0.2) is 0 Å².